The van der Waals surface area contributed by atoms with Crippen molar-refractivity contribution in [1.82, 2.24) is 0 Å². The van der Waals surface area contributed by atoms with Crippen LogP contribution in [0, 0.1) is 5.82 Å². The van der Waals surface area contributed by atoms with Gasteiger partial charge in [0.2, 0.25) is 0 Å². The van der Waals surface area contributed by atoms with Crippen LogP contribution in [0.1, 0.15) is 47.8 Å². The number of rotatable bonds is 7. The van der Waals surface area contributed by atoms with E-state index in [2.05, 4.69) is 0 Å². The maximum absolute atomic E-state index is 14.8. The number of benzene rings is 3. The number of phenols is 1. The first-order valence-electron chi connectivity index (χ1n) is 11.0. The van der Waals surface area contributed by atoms with Gasteiger partial charge < -0.3 is 19.7 Å². The number of phenolic OH excluding ortho intramolecular Hbond substituents is 1. The summed E-state index contributed by atoms with van der Waals surface area (Å²) in [7, 11) is 0. The van der Waals surface area contributed by atoms with Crippen molar-refractivity contribution in [3.05, 3.63) is 82.7 Å². The SMILES string of the molecule is CC(C)(C)OC(=O)c1c(COc2ccc(-c3ccc(CC(=O)O)cc3)cc2F)ccc(C(F)(F)F)c1O. The number of carboxylic acid groups (broad SMARTS) is 1. The van der Waals surface area contributed by atoms with Crippen molar-refractivity contribution in [2.75, 3.05) is 0 Å². The van der Waals surface area contributed by atoms with Crippen LogP contribution in [0.3, 0.4) is 0 Å². The van der Waals surface area contributed by atoms with Gasteiger partial charge in [0.15, 0.2) is 11.6 Å². The van der Waals surface area contributed by atoms with E-state index in [1.165, 1.54) is 32.9 Å². The van der Waals surface area contributed by atoms with Gasteiger partial charge in [-0.05, 0) is 55.7 Å². The third-order valence-electron chi connectivity index (χ3n) is 5.13. The molecule has 196 valence electrons. The summed E-state index contributed by atoms with van der Waals surface area (Å²) in [6, 6.07) is 12.1. The van der Waals surface area contributed by atoms with Crippen LogP contribution in [0.4, 0.5) is 17.6 Å². The lowest BCUT2D eigenvalue weighted by atomic mass is 10.0. The van der Waals surface area contributed by atoms with E-state index in [0.29, 0.717) is 22.8 Å². The molecule has 0 aliphatic rings. The van der Waals surface area contributed by atoms with Gasteiger partial charge in [0, 0.05) is 5.56 Å². The standard InChI is InChI=1S/C27H24F4O6/c1-26(2,3)37-25(35)23-18(8-10-19(24(23)34)27(29,30)31)14-36-21-11-9-17(13-20(21)28)16-6-4-15(5-7-16)12-22(32)33/h4-11,13,34H,12,14H2,1-3H3,(H,32,33). The lowest BCUT2D eigenvalue weighted by Crippen LogP contribution is -2.25. The molecule has 6 nitrogen and oxygen atoms in total. The molecule has 0 spiro atoms. The molecule has 0 bridgehead atoms. The molecule has 0 radical (unpaired) electrons. The van der Waals surface area contributed by atoms with Gasteiger partial charge in [-0.2, -0.15) is 13.2 Å². The van der Waals surface area contributed by atoms with Gasteiger partial charge in [0.1, 0.15) is 23.5 Å². The summed E-state index contributed by atoms with van der Waals surface area (Å²) >= 11 is 0. The second kappa shape index (κ2) is 10.5. The Bertz CT molecular complexity index is 1310. The highest BCUT2D eigenvalue weighted by Gasteiger charge is 2.37. The van der Waals surface area contributed by atoms with E-state index in [-0.39, 0.29) is 17.7 Å². The normalized spacial score (nSPS) is 11.8. The maximum atomic E-state index is 14.8. The highest BCUT2D eigenvalue weighted by Crippen LogP contribution is 2.40. The molecule has 2 N–H and O–H groups in total. The average Bonchev–Trinajstić information content (AvgIpc) is 2.76. The minimum absolute atomic E-state index is 0.128. The Morgan fingerprint density at radius 3 is 2.08 bits per heavy atom. The van der Waals surface area contributed by atoms with E-state index < -0.39 is 53.0 Å². The van der Waals surface area contributed by atoms with Crippen LogP contribution in [0.25, 0.3) is 11.1 Å². The number of carbonyl (C=O) groups is 2. The van der Waals surface area contributed by atoms with E-state index in [1.54, 1.807) is 30.3 Å². The molecule has 3 aromatic carbocycles. The Hall–Kier alpha value is -4.08. The molecule has 3 rings (SSSR count). The average molecular weight is 520 g/mol. The minimum atomic E-state index is -4.92. The topological polar surface area (TPSA) is 93.1 Å². The molecule has 0 saturated carbocycles. The van der Waals surface area contributed by atoms with Crippen LogP contribution in [0.5, 0.6) is 11.5 Å². The van der Waals surface area contributed by atoms with Crippen molar-refractivity contribution in [3.63, 3.8) is 0 Å². The summed E-state index contributed by atoms with van der Waals surface area (Å²) < 4.78 is 65.3. The summed E-state index contributed by atoms with van der Waals surface area (Å²) in [6.45, 7) is 4.02. The summed E-state index contributed by atoms with van der Waals surface area (Å²) in [5.41, 5.74) is -1.63. The number of esters is 1. The number of halogens is 4. The van der Waals surface area contributed by atoms with Crippen LogP contribution in [0.15, 0.2) is 54.6 Å². The minimum Gasteiger partial charge on any atom is -0.506 e. The third-order valence-corrected chi connectivity index (χ3v) is 5.13. The molecule has 0 aliphatic carbocycles. The zero-order valence-electron chi connectivity index (χ0n) is 20.1. The van der Waals surface area contributed by atoms with Gasteiger partial charge in [-0.3, -0.25) is 4.79 Å². The monoisotopic (exact) mass is 520 g/mol. The number of carboxylic acids is 1. The van der Waals surface area contributed by atoms with Crippen LogP contribution >= 0.6 is 0 Å². The molecule has 3 aromatic rings. The largest absolute Gasteiger partial charge is 0.506 e. The molecular formula is C27H24F4O6. The van der Waals surface area contributed by atoms with Gasteiger partial charge >= 0.3 is 18.1 Å². The molecular weight excluding hydrogens is 496 g/mol. The molecule has 0 aliphatic heterocycles. The van der Waals surface area contributed by atoms with Crippen LogP contribution < -0.4 is 4.74 Å². The van der Waals surface area contributed by atoms with Crippen molar-refractivity contribution in [1.29, 1.82) is 0 Å². The number of hydrogen-bond acceptors (Lipinski definition) is 5. The highest BCUT2D eigenvalue weighted by molar-refractivity contribution is 5.95. The van der Waals surface area contributed by atoms with Crippen molar-refractivity contribution in [3.8, 4) is 22.6 Å². The van der Waals surface area contributed by atoms with Crippen molar-refractivity contribution in [2.24, 2.45) is 0 Å². The molecule has 37 heavy (non-hydrogen) atoms. The fourth-order valence-corrected chi connectivity index (χ4v) is 3.48. The number of alkyl halides is 3. The van der Waals surface area contributed by atoms with Crippen molar-refractivity contribution in [2.45, 2.75) is 45.6 Å². The van der Waals surface area contributed by atoms with E-state index in [4.69, 9.17) is 14.6 Å². The number of aromatic hydroxyl groups is 1. The zero-order chi connectivity index (χ0) is 27.5. The molecule has 0 aromatic heterocycles. The molecule has 0 fully saturated rings. The molecule has 0 amide bonds. The summed E-state index contributed by atoms with van der Waals surface area (Å²) in [5, 5.41) is 19.1. The third kappa shape index (κ3) is 6.99. The summed E-state index contributed by atoms with van der Waals surface area (Å²) in [5.74, 6) is -4.47. The van der Waals surface area contributed by atoms with Crippen LogP contribution in [-0.2, 0) is 28.7 Å². The Kier molecular flexibility index (Phi) is 7.80. The van der Waals surface area contributed by atoms with Crippen molar-refractivity contribution >= 4 is 11.9 Å². The van der Waals surface area contributed by atoms with Gasteiger partial charge in [-0.1, -0.05) is 36.4 Å². The van der Waals surface area contributed by atoms with Crippen LogP contribution in [0.2, 0.25) is 0 Å². The predicted octanol–water partition coefficient (Wildman–Crippen LogP) is 6.38. The lowest BCUT2D eigenvalue weighted by Gasteiger charge is -2.22. The van der Waals surface area contributed by atoms with E-state index in [1.807, 2.05) is 0 Å². The second-order valence-electron chi connectivity index (χ2n) is 9.20. The van der Waals surface area contributed by atoms with E-state index in [0.717, 1.165) is 6.07 Å². The maximum Gasteiger partial charge on any atom is 0.419 e. The van der Waals surface area contributed by atoms with Gasteiger partial charge in [0.05, 0.1) is 12.0 Å². The predicted molar refractivity (Wildman–Crippen MR) is 126 cm³/mol. The van der Waals surface area contributed by atoms with Gasteiger partial charge in [-0.15, -0.1) is 0 Å². The number of ether oxygens (including phenoxy) is 2. The molecule has 0 atom stereocenters. The smallest absolute Gasteiger partial charge is 0.419 e. The summed E-state index contributed by atoms with van der Waals surface area (Å²) in [4.78, 5) is 23.4. The summed E-state index contributed by atoms with van der Waals surface area (Å²) in [6.07, 6.45) is -5.07. The Morgan fingerprint density at radius 2 is 1.54 bits per heavy atom. The van der Waals surface area contributed by atoms with Gasteiger partial charge in [-0.25, -0.2) is 9.18 Å². The fraction of sp³-hybridized carbons (Fsp3) is 0.259. The highest BCUT2D eigenvalue weighted by atomic mass is 19.4. The fourth-order valence-electron chi connectivity index (χ4n) is 3.48. The first kappa shape index (κ1) is 27.5. The van der Waals surface area contributed by atoms with Gasteiger partial charge in [0.25, 0.3) is 0 Å². The number of aliphatic carboxylic acids is 1. The quantitative estimate of drug-likeness (QED) is 0.278. The van der Waals surface area contributed by atoms with E-state index in [9.17, 15) is 32.3 Å². The Morgan fingerprint density at radius 1 is 0.919 bits per heavy atom. The first-order valence-corrected chi connectivity index (χ1v) is 11.0. The molecule has 0 saturated heterocycles. The Labute approximate surface area is 210 Å². The second-order valence-corrected chi connectivity index (χ2v) is 9.20. The molecule has 10 heteroatoms. The van der Waals surface area contributed by atoms with E-state index >= 15 is 0 Å². The Balaban J connectivity index is 1.86. The van der Waals surface area contributed by atoms with Crippen molar-refractivity contribution < 1.29 is 46.8 Å². The van der Waals surface area contributed by atoms with Crippen LogP contribution in [-0.4, -0.2) is 27.8 Å². The number of hydrogen-bond donors (Lipinski definition) is 2. The molecule has 0 heterocycles. The first-order chi connectivity index (χ1) is 17.2. The number of carbonyl (C=O) groups excluding carboxylic acids is 1. The zero-order valence-corrected chi connectivity index (χ0v) is 20.1. The molecule has 0 unspecified atom stereocenters. The lowest BCUT2D eigenvalue weighted by molar-refractivity contribution is -0.139.